The Morgan fingerprint density at radius 2 is 0.635 bits per heavy atom. The zero-order chi connectivity index (χ0) is 34.4. The predicted octanol–water partition coefficient (Wildman–Crippen LogP) is 11.6. The van der Waals surface area contributed by atoms with Crippen LogP contribution in [0.15, 0.2) is 176 Å². The fourth-order valence-corrected chi connectivity index (χ4v) is 7.35. The normalized spacial score (nSPS) is 11.5. The molecule has 0 aliphatic heterocycles. The summed E-state index contributed by atoms with van der Waals surface area (Å²) in [5.74, 6) is 1.83. The molecule has 0 aliphatic rings. The molecule has 5 nitrogen and oxygen atoms in total. The molecule has 0 radical (unpaired) electrons. The molecule has 242 valence electrons. The number of hydrogen-bond acceptors (Lipinski definition) is 5. The van der Waals surface area contributed by atoms with Crippen LogP contribution < -0.4 is 0 Å². The van der Waals surface area contributed by atoms with Crippen LogP contribution in [0.4, 0.5) is 0 Å². The maximum absolute atomic E-state index is 5.27. The second-order valence-corrected chi connectivity index (χ2v) is 13.0. The van der Waals surface area contributed by atoms with Gasteiger partial charge in [-0.25, -0.2) is 15.0 Å². The van der Waals surface area contributed by atoms with Crippen molar-refractivity contribution in [1.82, 2.24) is 24.9 Å². The molecular weight excluding hydrogens is 635 g/mol. The second-order valence-electron chi connectivity index (χ2n) is 13.0. The van der Waals surface area contributed by atoms with Gasteiger partial charge in [0.05, 0.1) is 0 Å². The minimum atomic E-state index is 0.588. The Kier molecular flexibility index (Phi) is 7.07. The molecule has 3 aromatic heterocycles. The Morgan fingerprint density at radius 3 is 1.12 bits per heavy atom. The Morgan fingerprint density at radius 1 is 0.269 bits per heavy atom. The van der Waals surface area contributed by atoms with E-state index in [4.69, 9.17) is 15.0 Å². The molecule has 0 unspecified atom stereocenters. The van der Waals surface area contributed by atoms with Crippen molar-refractivity contribution < 1.29 is 0 Å². The molecule has 0 N–H and O–H groups in total. The highest BCUT2D eigenvalue weighted by Crippen LogP contribution is 2.38. The van der Waals surface area contributed by atoms with Gasteiger partial charge < -0.3 is 0 Å². The summed E-state index contributed by atoms with van der Waals surface area (Å²) in [5.41, 5.74) is 6.89. The van der Waals surface area contributed by atoms with E-state index < -0.39 is 0 Å². The van der Waals surface area contributed by atoms with Gasteiger partial charge in [0.1, 0.15) is 0 Å². The molecule has 0 atom stereocenters. The highest BCUT2D eigenvalue weighted by molar-refractivity contribution is 6.01. The van der Waals surface area contributed by atoms with E-state index >= 15 is 0 Å². The van der Waals surface area contributed by atoms with Crippen molar-refractivity contribution in [3.8, 4) is 56.4 Å². The fourth-order valence-electron chi connectivity index (χ4n) is 7.35. The van der Waals surface area contributed by atoms with E-state index in [2.05, 4.69) is 149 Å². The van der Waals surface area contributed by atoms with Crippen molar-refractivity contribution in [2.75, 3.05) is 0 Å². The average molecular weight is 664 g/mol. The number of hydrogen-bond donors (Lipinski definition) is 0. The van der Waals surface area contributed by atoms with Crippen LogP contribution in [0.25, 0.3) is 99.5 Å². The fraction of sp³-hybridized carbons (Fsp3) is 0. The van der Waals surface area contributed by atoms with Gasteiger partial charge in [-0.05, 0) is 61.6 Å². The van der Waals surface area contributed by atoms with Crippen molar-refractivity contribution in [3.63, 3.8) is 0 Å². The van der Waals surface area contributed by atoms with Gasteiger partial charge in [0.15, 0.2) is 17.5 Å². The maximum Gasteiger partial charge on any atom is 0.164 e. The first-order chi connectivity index (χ1) is 25.8. The third-order valence-corrected chi connectivity index (χ3v) is 9.85. The molecular formula is C47H29N5. The zero-order valence-corrected chi connectivity index (χ0v) is 28.0. The van der Waals surface area contributed by atoms with Gasteiger partial charge in [-0.3, -0.25) is 9.97 Å². The molecule has 0 spiro atoms. The first-order valence-corrected chi connectivity index (χ1v) is 17.3. The van der Waals surface area contributed by atoms with Crippen molar-refractivity contribution in [2.45, 2.75) is 0 Å². The first-order valence-electron chi connectivity index (χ1n) is 17.3. The van der Waals surface area contributed by atoms with Gasteiger partial charge >= 0.3 is 0 Å². The summed E-state index contributed by atoms with van der Waals surface area (Å²) in [7, 11) is 0. The van der Waals surface area contributed by atoms with Crippen molar-refractivity contribution in [1.29, 1.82) is 0 Å². The molecule has 0 fully saturated rings. The Hall–Kier alpha value is -7.11. The van der Waals surface area contributed by atoms with Gasteiger partial charge in [-0.2, -0.15) is 0 Å². The minimum Gasteiger partial charge on any atom is -0.263 e. The number of nitrogens with zero attached hydrogens (tertiary/aromatic N) is 5. The van der Waals surface area contributed by atoms with Crippen molar-refractivity contribution in [3.05, 3.63) is 176 Å². The van der Waals surface area contributed by atoms with Crippen LogP contribution >= 0.6 is 0 Å². The van der Waals surface area contributed by atoms with Gasteiger partial charge in [-0.1, -0.05) is 133 Å². The third-order valence-electron chi connectivity index (χ3n) is 9.85. The largest absolute Gasteiger partial charge is 0.263 e. The lowest BCUT2D eigenvalue weighted by atomic mass is 9.93. The molecule has 0 amide bonds. The summed E-state index contributed by atoms with van der Waals surface area (Å²) in [6.45, 7) is 0. The lowest BCUT2D eigenvalue weighted by Gasteiger charge is -2.15. The molecule has 0 saturated heterocycles. The topological polar surface area (TPSA) is 64.5 Å². The van der Waals surface area contributed by atoms with Crippen LogP contribution in [0.5, 0.6) is 0 Å². The van der Waals surface area contributed by atoms with E-state index in [1.165, 1.54) is 0 Å². The van der Waals surface area contributed by atoms with E-state index in [9.17, 15) is 0 Å². The molecule has 52 heavy (non-hydrogen) atoms. The number of fused-ring (bicyclic) bond motifs is 4. The van der Waals surface area contributed by atoms with Gasteiger partial charge in [0.25, 0.3) is 0 Å². The number of benzene rings is 7. The Bertz CT molecular complexity index is 2570. The lowest BCUT2D eigenvalue weighted by molar-refractivity contribution is 1.08. The van der Waals surface area contributed by atoms with E-state index in [0.717, 1.165) is 82.0 Å². The second kappa shape index (κ2) is 12.3. The molecule has 3 heterocycles. The van der Waals surface area contributed by atoms with Crippen molar-refractivity contribution in [2.24, 2.45) is 0 Å². The molecule has 10 aromatic rings. The van der Waals surface area contributed by atoms with Crippen LogP contribution in [0.2, 0.25) is 0 Å². The van der Waals surface area contributed by atoms with Crippen molar-refractivity contribution >= 4 is 43.1 Å². The molecule has 7 aromatic carbocycles. The zero-order valence-electron chi connectivity index (χ0n) is 28.0. The average Bonchev–Trinajstić information content (AvgIpc) is 3.22. The Balaban J connectivity index is 1.28. The summed E-state index contributed by atoms with van der Waals surface area (Å²) in [5, 5.41) is 8.84. The number of aromatic nitrogens is 5. The first kappa shape index (κ1) is 29.8. The summed E-state index contributed by atoms with van der Waals surface area (Å²) < 4.78 is 0. The summed E-state index contributed by atoms with van der Waals surface area (Å²) >= 11 is 0. The van der Waals surface area contributed by atoms with Crippen LogP contribution in [-0.2, 0) is 0 Å². The molecule has 0 bridgehead atoms. The molecule has 0 saturated carbocycles. The van der Waals surface area contributed by atoms with Gasteiger partial charge in [0, 0.05) is 63.4 Å². The minimum absolute atomic E-state index is 0.588. The summed E-state index contributed by atoms with van der Waals surface area (Å²) in [6, 6.07) is 52.7. The van der Waals surface area contributed by atoms with E-state index in [1.807, 2.05) is 36.9 Å². The highest BCUT2D eigenvalue weighted by atomic mass is 15.0. The number of pyridine rings is 2. The van der Waals surface area contributed by atoms with E-state index in [0.29, 0.717) is 17.5 Å². The third kappa shape index (κ3) is 5.15. The summed E-state index contributed by atoms with van der Waals surface area (Å²) in [4.78, 5) is 25.1. The van der Waals surface area contributed by atoms with Crippen LogP contribution in [0, 0.1) is 0 Å². The van der Waals surface area contributed by atoms with Crippen LogP contribution in [0.1, 0.15) is 0 Å². The standard InChI is InChI=1S/C47H29N5/c1-5-17-37-30(11-1)15-9-21-41(37)46-50-45(51-47(52-46)42-22-10-16-31-12-2-6-18-38(31)42)36-24-34(43-28-48-26-32-13-3-7-19-39(32)43)23-35(25-36)44-29-49-27-33-14-4-8-20-40(33)44/h1-29H. The monoisotopic (exact) mass is 663 g/mol. The van der Waals surface area contributed by atoms with E-state index in [1.54, 1.807) is 0 Å². The predicted molar refractivity (Wildman–Crippen MR) is 213 cm³/mol. The lowest BCUT2D eigenvalue weighted by Crippen LogP contribution is -2.01. The maximum atomic E-state index is 5.27. The quantitative estimate of drug-likeness (QED) is 0.183. The smallest absolute Gasteiger partial charge is 0.164 e. The van der Waals surface area contributed by atoms with Gasteiger partial charge in [-0.15, -0.1) is 0 Å². The Labute approximate surface area is 300 Å². The SMILES string of the molecule is c1ccc2c(-c3cc(-c4nc(-c5cccc6ccccc56)nc(-c5cccc6ccccc56)n4)cc(-c4cncc5ccccc45)c3)cncc2c1. The van der Waals surface area contributed by atoms with E-state index in [-0.39, 0.29) is 0 Å². The molecule has 0 aliphatic carbocycles. The van der Waals surface area contributed by atoms with Crippen LogP contribution in [-0.4, -0.2) is 24.9 Å². The molecule has 5 heteroatoms. The van der Waals surface area contributed by atoms with Crippen LogP contribution in [0.3, 0.4) is 0 Å². The summed E-state index contributed by atoms with van der Waals surface area (Å²) in [6.07, 6.45) is 7.72. The highest BCUT2D eigenvalue weighted by Gasteiger charge is 2.18. The van der Waals surface area contributed by atoms with Gasteiger partial charge in [0.2, 0.25) is 0 Å². The number of rotatable bonds is 5. The molecule has 10 rings (SSSR count).